The minimum absolute atomic E-state index is 0.0243. The molecule has 0 bridgehead atoms. The van der Waals surface area contributed by atoms with Crippen molar-refractivity contribution in [1.29, 1.82) is 0 Å². The highest BCUT2D eigenvalue weighted by Crippen LogP contribution is 2.37. The van der Waals surface area contributed by atoms with Gasteiger partial charge >= 0.3 is 0 Å². The first kappa shape index (κ1) is 21.3. The number of likely N-dealkylation sites (tertiary alicyclic amines) is 1. The van der Waals surface area contributed by atoms with E-state index in [1.807, 2.05) is 30.3 Å². The molecule has 2 amide bonds. The normalized spacial score (nSPS) is 18.2. The first-order valence-electron chi connectivity index (χ1n) is 10.8. The maximum Gasteiger partial charge on any atom is 0.235 e. The standard InChI is InChI=1S/C24H27F2N3O2/c1-17(30)28-13-9-24(10-14-28,18-7-3-2-4-8-18)23(31)27-19-15-20(25)22(21(26)16-19)29-11-5-6-12-29/h2-4,7-8,15-16H,5-6,9-14H2,1H3,(H,27,31). The fourth-order valence-corrected chi connectivity index (χ4v) is 4.74. The van der Waals surface area contributed by atoms with Crippen LogP contribution in [0.25, 0.3) is 0 Å². The van der Waals surface area contributed by atoms with E-state index in [9.17, 15) is 18.4 Å². The second-order valence-corrected chi connectivity index (χ2v) is 8.39. The van der Waals surface area contributed by atoms with Crippen LogP contribution in [-0.4, -0.2) is 42.9 Å². The molecule has 0 aromatic heterocycles. The molecule has 0 aliphatic carbocycles. The second-order valence-electron chi connectivity index (χ2n) is 8.39. The Balaban J connectivity index is 1.61. The van der Waals surface area contributed by atoms with Gasteiger partial charge in [0, 0.05) is 38.8 Å². The van der Waals surface area contributed by atoms with Crippen molar-refractivity contribution in [2.24, 2.45) is 0 Å². The largest absolute Gasteiger partial charge is 0.367 e. The lowest BCUT2D eigenvalue weighted by Gasteiger charge is -2.40. The van der Waals surface area contributed by atoms with Gasteiger partial charge in [-0.2, -0.15) is 0 Å². The molecule has 2 saturated heterocycles. The predicted octanol–water partition coefficient (Wildman–Crippen LogP) is 4.08. The number of anilines is 2. The molecule has 0 saturated carbocycles. The number of amides is 2. The maximum absolute atomic E-state index is 14.7. The van der Waals surface area contributed by atoms with Gasteiger partial charge in [0.2, 0.25) is 11.8 Å². The summed E-state index contributed by atoms with van der Waals surface area (Å²) in [7, 11) is 0. The number of carbonyl (C=O) groups excluding carboxylic acids is 2. The number of rotatable bonds is 4. The first-order valence-corrected chi connectivity index (χ1v) is 10.8. The zero-order chi connectivity index (χ0) is 22.0. The summed E-state index contributed by atoms with van der Waals surface area (Å²) in [6, 6.07) is 11.8. The average molecular weight is 427 g/mol. The summed E-state index contributed by atoms with van der Waals surface area (Å²) in [5, 5.41) is 2.75. The van der Waals surface area contributed by atoms with Gasteiger partial charge in [0.25, 0.3) is 0 Å². The van der Waals surface area contributed by atoms with Gasteiger partial charge in [0.1, 0.15) is 5.69 Å². The molecule has 5 nitrogen and oxygen atoms in total. The van der Waals surface area contributed by atoms with Crippen molar-refractivity contribution in [2.45, 2.75) is 38.0 Å². The van der Waals surface area contributed by atoms with E-state index in [4.69, 9.17) is 0 Å². The number of carbonyl (C=O) groups is 2. The highest BCUT2D eigenvalue weighted by molar-refractivity contribution is 5.99. The Morgan fingerprint density at radius 3 is 2.06 bits per heavy atom. The van der Waals surface area contributed by atoms with Gasteiger partial charge in [0.15, 0.2) is 11.6 Å². The molecule has 2 aromatic rings. The van der Waals surface area contributed by atoms with Crippen molar-refractivity contribution in [2.75, 3.05) is 36.4 Å². The third kappa shape index (κ3) is 4.13. The van der Waals surface area contributed by atoms with E-state index in [1.54, 1.807) is 9.80 Å². The molecule has 2 aliphatic rings. The lowest BCUT2D eigenvalue weighted by Crippen LogP contribution is -2.50. The molecule has 7 heteroatoms. The van der Waals surface area contributed by atoms with Gasteiger partial charge in [-0.1, -0.05) is 30.3 Å². The van der Waals surface area contributed by atoms with Crippen LogP contribution < -0.4 is 10.2 Å². The highest BCUT2D eigenvalue weighted by Gasteiger charge is 2.43. The van der Waals surface area contributed by atoms with Crippen LogP contribution in [0.4, 0.5) is 20.2 Å². The summed E-state index contributed by atoms with van der Waals surface area (Å²) in [4.78, 5) is 28.6. The lowest BCUT2D eigenvalue weighted by molar-refractivity contribution is -0.133. The summed E-state index contributed by atoms with van der Waals surface area (Å²) in [6.07, 6.45) is 2.71. The zero-order valence-electron chi connectivity index (χ0n) is 17.7. The molecule has 2 fully saturated rings. The summed E-state index contributed by atoms with van der Waals surface area (Å²) < 4.78 is 29.5. The molecule has 31 heavy (non-hydrogen) atoms. The van der Waals surface area contributed by atoms with Crippen molar-refractivity contribution >= 4 is 23.2 Å². The van der Waals surface area contributed by atoms with Crippen LogP contribution in [0.2, 0.25) is 0 Å². The molecule has 2 heterocycles. The Morgan fingerprint density at radius 1 is 0.935 bits per heavy atom. The van der Waals surface area contributed by atoms with E-state index in [0.29, 0.717) is 39.0 Å². The summed E-state index contributed by atoms with van der Waals surface area (Å²) in [6.45, 7) is 3.68. The van der Waals surface area contributed by atoms with Crippen LogP contribution in [-0.2, 0) is 15.0 Å². The van der Waals surface area contributed by atoms with Crippen LogP contribution >= 0.6 is 0 Å². The molecular formula is C24H27F2N3O2. The van der Waals surface area contributed by atoms with Crippen LogP contribution in [0.1, 0.15) is 38.2 Å². The number of nitrogens with one attached hydrogen (secondary N) is 1. The quantitative estimate of drug-likeness (QED) is 0.800. The van der Waals surface area contributed by atoms with Gasteiger partial charge < -0.3 is 15.1 Å². The van der Waals surface area contributed by atoms with Crippen LogP contribution in [0.5, 0.6) is 0 Å². The topological polar surface area (TPSA) is 52.7 Å². The second kappa shape index (κ2) is 8.65. The van der Waals surface area contributed by atoms with E-state index in [0.717, 1.165) is 18.4 Å². The Morgan fingerprint density at radius 2 is 1.52 bits per heavy atom. The third-order valence-corrected chi connectivity index (χ3v) is 6.52. The molecule has 0 spiro atoms. The number of hydrogen-bond donors (Lipinski definition) is 1. The van der Waals surface area contributed by atoms with Gasteiger partial charge in [-0.05, 0) is 43.4 Å². The smallest absolute Gasteiger partial charge is 0.235 e. The van der Waals surface area contributed by atoms with Crippen molar-refractivity contribution in [3.63, 3.8) is 0 Å². The molecule has 0 radical (unpaired) electrons. The summed E-state index contributed by atoms with van der Waals surface area (Å²) >= 11 is 0. The van der Waals surface area contributed by atoms with Gasteiger partial charge in [0.05, 0.1) is 5.41 Å². The Hall–Kier alpha value is -2.96. The average Bonchev–Trinajstić information content (AvgIpc) is 3.28. The SMILES string of the molecule is CC(=O)N1CCC(C(=O)Nc2cc(F)c(N3CCCC3)c(F)c2)(c2ccccc2)CC1. The van der Waals surface area contributed by atoms with Crippen molar-refractivity contribution < 1.29 is 18.4 Å². The zero-order valence-corrected chi connectivity index (χ0v) is 17.7. The number of piperidine rings is 1. The number of nitrogens with zero attached hydrogens (tertiary/aromatic N) is 2. The van der Waals surface area contributed by atoms with Gasteiger partial charge in [-0.15, -0.1) is 0 Å². The fraction of sp³-hybridized carbons (Fsp3) is 0.417. The van der Waals surface area contributed by atoms with E-state index >= 15 is 0 Å². The highest BCUT2D eigenvalue weighted by atomic mass is 19.1. The van der Waals surface area contributed by atoms with Gasteiger partial charge in [-0.3, -0.25) is 9.59 Å². The minimum Gasteiger partial charge on any atom is -0.367 e. The van der Waals surface area contributed by atoms with Crippen LogP contribution in [0, 0.1) is 11.6 Å². The molecule has 4 rings (SSSR count). The predicted molar refractivity (Wildman–Crippen MR) is 116 cm³/mol. The van der Waals surface area contributed by atoms with Crippen molar-refractivity contribution in [3.05, 3.63) is 59.7 Å². The lowest BCUT2D eigenvalue weighted by atomic mass is 9.72. The summed E-state index contributed by atoms with van der Waals surface area (Å²) in [5.74, 6) is -1.67. The minimum atomic E-state index is -0.867. The Bertz CT molecular complexity index is 943. The van der Waals surface area contributed by atoms with E-state index < -0.39 is 17.0 Å². The van der Waals surface area contributed by atoms with Crippen LogP contribution in [0.3, 0.4) is 0 Å². The number of benzene rings is 2. The molecule has 2 aliphatic heterocycles. The maximum atomic E-state index is 14.7. The van der Waals surface area contributed by atoms with Crippen molar-refractivity contribution in [1.82, 2.24) is 4.90 Å². The molecule has 0 atom stereocenters. The fourth-order valence-electron chi connectivity index (χ4n) is 4.74. The molecule has 2 aromatic carbocycles. The van der Waals surface area contributed by atoms with E-state index in [1.165, 1.54) is 19.1 Å². The molecular weight excluding hydrogens is 400 g/mol. The molecule has 1 N–H and O–H groups in total. The molecule has 0 unspecified atom stereocenters. The Labute approximate surface area is 181 Å². The number of hydrogen-bond acceptors (Lipinski definition) is 3. The third-order valence-electron chi connectivity index (χ3n) is 6.52. The first-order chi connectivity index (χ1) is 14.9. The summed E-state index contributed by atoms with van der Waals surface area (Å²) in [5.41, 5.74) is 0.0500. The Kier molecular flexibility index (Phi) is 5.94. The van der Waals surface area contributed by atoms with E-state index in [-0.39, 0.29) is 23.2 Å². The van der Waals surface area contributed by atoms with E-state index in [2.05, 4.69) is 5.32 Å². The van der Waals surface area contributed by atoms with Crippen molar-refractivity contribution in [3.8, 4) is 0 Å². The van der Waals surface area contributed by atoms with Gasteiger partial charge in [-0.25, -0.2) is 8.78 Å². The monoisotopic (exact) mass is 427 g/mol. The number of halogens is 2. The van der Waals surface area contributed by atoms with Crippen LogP contribution in [0.15, 0.2) is 42.5 Å². The molecule has 164 valence electrons.